The van der Waals surface area contributed by atoms with E-state index in [1.165, 1.54) is 44.6 Å². The van der Waals surface area contributed by atoms with Crippen LogP contribution in [0.25, 0.3) is 0 Å². The van der Waals surface area contributed by atoms with Crippen molar-refractivity contribution in [2.24, 2.45) is 5.92 Å². The summed E-state index contributed by atoms with van der Waals surface area (Å²) in [6, 6.07) is 8.93. The van der Waals surface area contributed by atoms with Crippen LogP contribution in [-0.4, -0.2) is 97.1 Å². The van der Waals surface area contributed by atoms with Crippen LogP contribution in [0.3, 0.4) is 0 Å². The van der Waals surface area contributed by atoms with E-state index >= 15 is 0 Å². The highest BCUT2D eigenvalue weighted by Gasteiger charge is 2.47. The molecule has 5 rings (SSSR count). The lowest BCUT2D eigenvalue weighted by atomic mass is 9.80. The Morgan fingerprint density at radius 2 is 1.42 bits per heavy atom. The van der Waals surface area contributed by atoms with Crippen molar-refractivity contribution in [1.82, 2.24) is 14.5 Å². The Bertz CT molecular complexity index is 1170. The highest BCUT2D eigenvalue weighted by Crippen LogP contribution is 2.40. The number of nitrogens with zero attached hydrogens (tertiary/aromatic N) is 2. The Balaban J connectivity index is 1.20. The molecule has 7 atom stereocenters. The summed E-state index contributed by atoms with van der Waals surface area (Å²) in [5.74, 6) is 0.830. The fourth-order valence-electron chi connectivity index (χ4n) is 9.01. The van der Waals surface area contributed by atoms with Crippen LogP contribution in [0.15, 0.2) is 24.3 Å². The summed E-state index contributed by atoms with van der Waals surface area (Å²) >= 11 is 1.73. The molecule has 1 aromatic carbocycles. The van der Waals surface area contributed by atoms with E-state index in [4.69, 9.17) is 18.9 Å². The van der Waals surface area contributed by atoms with E-state index in [2.05, 4.69) is 56.7 Å². The first kappa shape index (κ1) is 37.3. The Morgan fingerprint density at radius 3 is 2.06 bits per heavy atom. The van der Waals surface area contributed by atoms with Gasteiger partial charge in [-0.25, -0.2) is 9.59 Å². The first-order valence-corrected chi connectivity index (χ1v) is 19.6. The van der Waals surface area contributed by atoms with E-state index in [1.807, 2.05) is 9.80 Å². The van der Waals surface area contributed by atoms with Crippen molar-refractivity contribution in [2.45, 2.75) is 158 Å². The molecular formula is C38H61N3O6S. The third-order valence-electron chi connectivity index (χ3n) is 11.7. The lowest BCUT2D eigenvalue weighted by Crippen LogP contribution is -2.49. The monoisotopic (exact) mass is 687 g/mol. The van der Waals surface area contributed by atoms with E-state index in [0.717, 1.165) is 57.8 Å². The molecule has 9 nitrogen and oxygen atoms in total. The van der Waals surface area contributed by atoms with Crippen molar-refractivity contribution in [2.75, 3.05) is 27.4 Å². The van der Waals surface area contributed by atoms with Crippen molar-refractivity contribution in [3.8, 4) is 0 Å². The lowest BCUT2D eigenvalue weighted by Gasteiger charge is -2.35. The maximum Gasteiger partial charge on any atom is 0.410 e. The molecule has 2 aliphatic heterocycles. The Hall–Kier alpha value is -2.01. The van der Waals surface area contributed by atoms with Crippen molar-refractivity contribution >= 4 is 24.1 Å². The predicted octanol–water partition coefficient (Wildman–Crippen LogP) is 7.71. The summed E-state index contributed by atoms with van der Waals surface area (Å²) in [6.45, 7) is 9.74. The minimum atomic E-state index is -0.291. The summed E-state index contributed by atoms with van der Waals surface area (Å²) in [4.78, 5) is 29.7. The SMILES string of the molecule is CCc1ccccc1C1CCC(OCC2C(C(C)SNC3CC(C)N(C(=O)OC)C3COC3CCCCC3)CC(C)N2C(=O)OC)CC1. The van der Waals surface area contributed by atoms with Gasteiger partial charge in [-0.1, -0.05) is 69.3 Å². The number of nitrogens with one attached hydrogen (secondary N) is 1. The molecule has 2 saturated carbocycles. The van der Waals surface area contributed by atoms with Gasteiger partial charge in [0, 0.05) is 23.4 Å². The summed E-state index contributed by atoms with van der Waals surface area (Å²) in [7, 11) is 2.93. The molecule has 0 radical (unpaired) electrons. The average molecular weight is 688 g/mol. The quantitative estimate of drug-likeness (QED) is 0.224. The van der Waals surface area contributed by atoms with Gasteiger partial charge in [0.05, 0.1) is 51.7 Å². The molecule has 1 N–H and O–H groups in total. The van der Waals surface area contributed by atoms with Crippen LogP contribution in [0.2, 0.25) is 0 Å². The molecule has 0 aromatic heterocycles. The maximum atomic E-state index is 13.1. The maximum absolute atomic E-state index is 13.1. The standard InChI is InChI=1S/C38H61N3O6S/c1-7-28-13-11-12-16-32(28)29-17-19-31(20-18-29)46-23-35-33(21-25(2)40(35)37(42)44-5)27(4)48-39-34-22-26(3)41(38(43)45-6)36(34)24-47-30-14-9-8-10-15-30/h11-13,16,25-27,29-31,33-36,39H,7-10,14-15,17-24H2,1-6H3. The molecule has 2 amide bonds. The van der Waals surface area contributed by atoms with Crippen molar-refractivity contribution < 1.29 is 28.5 Å². The highest BCUT2D eigenvalue weighted by molar-refractivity contribution is 7.98. The molecule has 270 valence electrons. The molecule has 0 spiro atoms. The van der Waals surface area contributed by atoms with Crippen molar-refractivity contribution in [3.05, 3.63) is 35.4 Å². The molecule has 1 aromatic rings. The summed E-state index contributed by atoms with van der Waals surface area (Å²) in [6.07, 6.45) is 13.0. The zero-order valence-electron chi connectivity index (χ0n) is 30.2. The number of ether oxygens (including phenoxy) is 4. The minimum absolute atomic E-state index is 0.0545. The van der Waals surface area contributed by atoms with Gasteiger partial charge in [0.15, 0.2) is 0 Å². The number of aryl methyl sites for hydroxylation is 1. The van der Waals surface area contributed by atoms with Crippen molar-refractivity contribution in [3.63, 3.8) is 0 Å². The second-order valence-electron chi connectivity index (χ2n) is 14.7. The third kappa shape index (κ3) is 8.82. The second kappa shape index (κ2) is 17.8. The predicted molar refractivity (Wildman–Crippen MR) is 191 cm³/mol. The zero-order chi connectivity index (χ0) is 34.2. The van der Waals surface area contributed by atoms with Crippen LogP contribution in [0.4, 0.5) is 9.59 Å². The van der Waals surface area contributed by atoms with E-state index in [0.29, 0.717) is 19.1 Å². The van der Waals surface area contributed by atoms with Gasteiger partial charge >= 0.3 is 12.2 Å². The first-order valence-electron chi connectivity index (χ1n) is 18.7. The number of likely N-dealkylation sites (tertiary alicyclic amines) is 2. The van der Waals surface area contributed by atoms with Gasteiger partial charge in [0.2, 0.25) is 0 Å². The van der Waals surface area contributed by atoms with E-state index < -0.39 is 0 Å². The lowest BCUT2D eigenvalue weighted by molar-refractivity contribution is -0.0126. The highest BCUT2D eigenvalue weighted by atomic mass is 32.2. The topological polar surface area (TPSA) is 89.6 Å². The van der Waals surface area contributed by atoms with Crippen LogP contribution in [0.5, 0.6) is 0 Å². The number of hydrogen-bond acceptors (Lipinski definition) is 8. The Labute approximate surface area is 293 Å². The normalized spacial score (nSPS) is 32.0. The number of carbonyl (C=O) groups is 2. The van der Waals surface area contributed by atoms with E-state index in [9.17, 15) is 9.59 Å². The van der Waals surface area contributed by atoms with Crippen molar-refractivity contribution in [1.29, 1.82) is 0 Å². The summed E-state index contributed by atoms with van der Waals surface area (Å²) in [5.41, 5.74) is 2.97. The van der Waals surface area contributed by atoms with Crippen LogP contribution in [0.1, 0.15) is 115 Å². The van der Waals surface area contributed by atoms with Crippen LogP contribution in [-0.2, 0) is 25.4 Å². The molecule has 2 heterocycles. The van der Waals surface area contributed by atoms with Gasteiger partial charge in [-0.2, -0.15) is 0 Å². The number of rotatable bonds is 12. The number of methoxy groups -OCH3 is 2. The summed E-state index contributed by atoms with van der Waals surface area (Å²) < 4.78 is 27.3. The second-order valence-corrected chi connectivity index (χ2v) is 15.9. The first-order chi connectivity index (χ1) is 23.2. The van der Waals surface area contributed by atoms with Crippen LogP contribution in [0, 0.1) is 5.92 Å². The number of hydrogen-bond donors (Lipinski definition) is 1. The molecule has 2 saturated heterocycles. The third-order valence-corrected chi connectivity index (χ3v) is 12.9. The molecule has 10 heteroatoms. The fourth-order valence-corrected chi connectivity index (χ4v) is 10.1. The molecule has 2 aliphatic carbocycles. The van der Waals surface area contributed by atoms with E-state index in [-0.39, 0.29) is 65.8 Å². The molecule has 4 aliphatic rings. The zero-order valence-corrected chi connectivity index (χ0v) is 31.1. The average Bonchev–Trinajstić information content (AvgIpc) is 3.63. The minimum Gasteiger partial charge on any atom is -0.453 e. The van der Waals surface area contributed by atoms with Gasteiger partial charge < -0.3 is 18.9 Å². The van der Waals surface area contributed by atoms with Gasteiger partial charge in [0.1, 0.15) is 0 Å². The fraction of sp³-hybridized carbons (Fsp3) is 0.789. The molecule has 4 fully saturated rings. The van der Waals surface area contributed by atoms with Crippen LogP contribution >= 0.6 is 11.9 Å². The van der Waals surface area contributed by atoms with Gasteiger partial charge in [-0.15, -0.1) is 0 Å². The molecule has 7 unspecified atom stereocenters. The molecule has 0 bridgehead atoms. The largest absolute Gasteiger partial charge is 0.453 e. The smallest absolute Gasteiger partial charge is 0.410 e. The molecule has 48 heavy (non-hydrogen) atoms. The summed E-state index contributed by atoms with van der Waals surface area (Å²) in [5, 5.41) is 0.208. The number of benzene rings is 1. The van der Waals surface area contributed by atoms with Gasteiger partial charge in [0.25, 0.3) is 0 Å². The number of carbonyl (C=O) groups excluding carboxylic acids is 2. The molecular weight excluding hydrogens is 627 g/mol. The Morgan fingerprint density at radius 1 is 0.833 bits per heavy atom. The Kier molecular flexibility index (Phi) is 13.8. The van der Waals surface area contributed by atoms with Gasteiger partial charge in [-0.05, 0) is 94.6 Å². The van der Waals surface area contributed by atoms with Crippen LogP contribution < -0.4 is 4.72 Å². The van der Waals surface area contributed by atoms with Gasteiger partial charge in [-0.3, -0.25) is 14.5 Å². The van der Waals surface area contributed by atoms with E-state index in [1.54, 1.807) is 11.9 Å². The number of amides is 2.